The van der Waals surface area contributed by atoms with Gasteiger partial charge in [0, 0.05) is 18.5 Å². The minimum absolute atomic E-state index is 0.0554. The fourth-order valence-electron chi connectivity index (χ4n) is 2.18. The highest BCUT2D eigenvalue weighted by Gasteiger charge is 2.15. The van der Waals surface area contributed by atoms with Gasteiger partial charge in [-0.15, -0.1) is 0 Å². The summed E-state index contributed by atoms with van der Waals surface area (Å²) in [5.74, 6) is 0.628. The van der Waals surface area contributed by atoms with E-state index in [1.807, 2.05) is 32.0 Å². The van der Waals surface area contributed by atoms with Crippen LogP contribution >= 0.6 is 0 Å². The average molecular weight is 291 g/mol. The van der Waals surface area contributed by atoms with Gasteiger partial charge in [0.2, 0.25) is 5.91 Å². The Labute approximate surface area is 124 Å². The second-order valence-corrected chi connectivity index (χ2v) is 5.36. The number of rotatable bonds is 6. The molecule has 1 aromatic carbocycles. The van der Waals surface area contributed by atoms with Gasteiger partial charge in [-0.1, -0.05) is 0 Å². The second kappa shape index (κ2) is 7.11. The van der Waals surface area contributed by atoms with Gasteiger partial charge in [-0.3, -0.25) is 9.59 Å². The number of ether oxygens (including phenoxy) is 2. The number of hydrogen-bond acceptors (Lipinski definition) is 4. The zero-order valence-corrected chi connectivity index (χ0v) is 12.5. The number of fused-ring (bicyclic) bond motifs is 1. The van der Waals surface area contributed by atoms with Crippen LogP contribution in [0.5, 0.6) is 5.75 Å². The highest BCUT2D eigenvalue weighted by atomic mass is 16.5. The Morgan fingerprint density at radius 3 is 2.90 bits per heavy atom. The van der Waals surface area contributed by atoms with Crippen molar-refractivity contribution < 1.29 is 19.1 Å². The van der Waals surface area contributed by atoms with E-state index in [9.17, 15) is 9.59 Å². The van der Waals surface area contributed by atoms with Crippen LogP contribution in [0.3, 0.4) is 0 Å². The highest BCUT2D eigenvalue weighted by molar-refractivity contribution is 5.93. The van der Waals surface area contributed by atoms with Gasteiger partial charge >= 0.3 is 5.97 Å². The van der Waals surface area contributed by atoms with E-state index in [-0.39, 0.29) is 18.0 Å². The number of amides is 1. The fourth-order valence-corrected chi connectivity index (χ4v) is 2.18. The normalized spacial score (nSPS) is 13.6. The first-order valence-electron chi connectivity index (χ1n) is 7.29. The molecule has 1 aliphatic heterocycles. The van der Waals surface area contributed by atoms with Crippen LogP contribution in [0, 0.1) is 0 Å². The molecule has 0 unspecified atom stereocenters. The molecule has 1 aromatic rings. The lowest BCUT2D eigenvalue weighted by molar-refractivity contribution is -0.147. The number of nitrogens with one attached hydrogen (secondary N) is 1. The smallest absolute Gasteiger partial charge is 0.306 e. The molecule has 114 valence electrons. The van der Waals surface area contributed by atoms with Crippen LogP contribution in [-0.4, -0.2) is 24.6 Å². The van der Waals surface area contributed by atoms with E-state index < -0.39 is 0 Å². The van der Waals surface area contributed by atoms with Crippen LogP contribution in [0.4, 0.5) is 5.69 Å². The minimum Gasteiger partial charge on any atom is -0.494 e. The van der Waals surface area contributed by atoms with Gasteiger partial charge < -0.3 is 14.8 Å². The van der Waals surface area contributed by atoms with E-state index in [4.69, 9.17) is 9.47 Å². The molecule has 0 fully saturated rings. The van der Waals surface area contributed by atoms with Crippen molar-refractivity contribution in [3.63, 3.8) is 0 Å². The van der Waals surface area contributed by atoms with E-state index in [0.717, 1.165) is 23.4 Å². The maximum atomic E-state index is 11.4. The van der Waals surface area contributed by atoms with Crippen molar-refractivity contribution in [1.82, 2.24) is 0 Å². The lowest BCUT2D eigenvalue weighted by Crippen LogP contribution is -2.18. The van der Waals surface area contributed by atoms with Crippen molar-refractivity contribution in [2.45, 2.75) is 45.6 Å². The molecular weight excluding hydrogens is 270 g/mol. The molecule has 1 amide bonds. The van der Waals surface area contributed by atoms with Gasteiger partial charge in [0.15, 0.2) is 0 Å². The maximum absolute atomic E-state index is 11.4. The summed E-state index contributed by atoms with van der Waals surface area (Å²) in [6, 6.07) is 5.63. The lowest BCUT2D eigenvalue weighted by Gasteiger charge is -2.17. The Morgan fingerprint density at radius 1 is 1.33 bits per heavy atom. The molecular formula is C16H21NO4. The summed E-state index contributed by atoms with van der Waals surface area (Å²) < 4.78 is 10.7. The molecule has 5 nitrogen and oxygen atoms in total. The van der Waals surface area contributed by atoms with Crippen LogP contribution in [-0.2, 0) is 20.7 Å². The van der Waals surface area contributed by atoms with Crippen molar-refractivity contribution >= 4 is 17.6 Å². The topological polar surface area (TPSA) is 64.6 Å². The molecule has 0 aliphatic carbocycles. The Kier molecular flexibility index (Phi) is 5.20. The monoisotopic (exact) mass is 291 g/mol. The molecule has 2 rings (SSSR count). The Balaban J connectivity index is 1.77. The van der Waals surface area contributed by atoms with Crippen molar-refractivity contribution in [2.24, 2.45) is 0 Å². The molecule has 0 atom stereocenters. The molecule has 1 aliphatic rings. The molecule has 0 bridgehead atoms. The largest absolute Gasteiger partial charge is 0.494 e. The van der Waals surface area contributed by atoms with Gasteiger partial charge in [-0.05, 0) is 50.5 Å². The van der Waals surface area contributed by atoms with E-state index >= 15 is 0 Å². The molecule has 5 heteroatoms. The third-order valence-corrected chi connectivity index (χ3v) is 3.13. The van der Waals surface area contributed by atoms with Crippen LogP contribution < -0.4 is 10.1 Å². The second-order valence-electron chi connectivity index (χ2n) is 5.36. The average Bonchev–Trinajstić information content (AvgIpc) is 2.43. The Morgan fingerprint density at radius 2 is 2.14 bits per heavy atom. The zero-order valence-electron chi connectivity index (χ0n) is 12.5. The molecule has 0 saturated heterocycles. The Bertz CT molecular complexity index is 525. The first-order valence-corrected chi connectivity index (χ1v) is 7.29. The molecule has 0 radical (unpaired) electrons. The van der Waals surface area contributed by atoms with Crippen molar-refractivity contribution in [3.05, 3.63) is 23.8 Å². The third kappa shape index (κ3) is 4.77. The molecule has 0 spiro atoms. The number of esters is 1. The Hall–Kier alpha value is -2.04. The molecule has 0 saturated carbocycles. The number of carbonyl (C=O) groups is 2. The number of carbonyl (C=O) groups excluding carboxylic acids is 2. The summed E-state index contributed by atoms with van der Waals surface area (Å²) in [6.07, 6.45) is 2.16. The number of anilines is 1. The summed E-state index contributed by atoms with van der Waals surface area (Å²) in [5.41, 5.74) is 1.95. The first-order chi connectivity index (χ1) is 10.0. The summed E-state index contributed by atoms with van der Waals surface area (Å²) in [4.78, 5) is 22.6. The summed E-state index contributed by atoms with van der Waals surface area (Å²) in [6.45, 7) is 4.14. The summed E-state index contributed by atoms with van der Waals surface area (Å²) >= 11 is 0. The molecule has 1 heterocycles. The lowest BCUT2D eigenvalue weighted by atomic mass is 10.0. The summed E-state index contributed by atoms with van der Waals surface area (Å²) in [5, 5.41) is 2.83. The van der Waals surface area contributed by atoms with E-state index in [2.05, 4.69) is 5.32 Å². The highest BCUT2D eigenvalue weighted by Crippen LogP contribution is 2.26. The minimum atomic E-state index is -0.193. The van der Waals surface area contributed by atoms with E-state index in [1.165, 1.54) is 0 Å². The SMILES string of the molecule is CC(C)OC(=O)CCCOc1ccc2c(c1)CCC(=O)N2. The number of aryl methyl sites for hydroxylation is 1. The van der Waals surface area contributed by atoms with E-state index in [0.29, 0.717) is 25.9 Å². The molecule has 0 aromatic heterocycles. The van der Waals surface area contributed by atoms with Gasteiger partial charge in [0.1, 0.15) is 5.75 Å². The van der Waals surface area contributed by atoms with Crippen molar-refractivity contribution in [1.29, 1.82) is 0 Å². The van der Waals surface area contributed by atoms with Crippen LogP contribution in [0.25, 0.3) is 0 Å². The standard InChI is InChI=1S/C16H21NO4/c1-11(2)21-16(19)4-3-9-20-13-6-7-14-12(10-13)5-8-15(18)17-14/h6-7,10-11H,3-5,8-9H2,1-2H3,(H,17,18). The first kappa shape index (κ1) is 15.4. The van der Waals surface area contributed by atoms with Crippen molar-refractivity contribution in [3.8, 4) is 5.75 Å². The zero-order chi connectivity index (χ0) is 15.2. The summed E-state index contributed by atoms with van der Waals surface area (Å²) in [7, 11) is 0. The molecule has 1 N–H and O–H groups in total. The number of hydrogen-bond donors (Lipinski definition) is 1. The molecule has 21 heavy (non-hydrogen) atoms. The predicted octanol–water partition coefficient (Wildman–Crippen LogP) is 2.68. The predicted molar refractivity (Wildman–Crippen MR) is 79.3 cm³/mol. The van der Waals surface area contributed by atoms with Crippen LogP contribution in [0.2, 0.25) is 0 Å². The van der Waals surface area contributed by atoms with Gasteiger partial charge in [0.25, 0.3) is 0 Å². The third-order valence-electron chi connectivity index (χ3n) is 3.13. The van der Waals surface area contributed by atoms with Gasteiger partial charge in [-0.2, -0.15) is 0 Å². The number of benzene rings is 1. The van der Waals surface area contributed by atoms with Gasteiger partial charge in [0.05, 0.1) is 12.7 Å². The van der Waals surface area contributed by atoms with Crippen molar-refractivity contribution in [2.75, 3.05) is 11.9 Å². The van der Waals surface area contributed by atoms with E-state index in [1.54, 1.807) is 0 Å². The quantitative estimate of drug-likeness (QED) is 0.646. The van der Waals surface area contributed by atoms with Gasteiger partial charge in [-0.25, -0.2) is 0 Å². The fraction of sp³-hybridized carbons (Fsp3) is 0.500. The van der Waals surface area contributed by atoms with Crippen LogP contribution in [0.15, 0.2) is 18.2 Å². The van der Waals surface area contributed by atoms with Crippen LogP contribution in [0.1, 0.15) is 38.7 Å². The maximum Gasteiger partial charge on any atom is 0.306 e.